The van der Waals surface area contributed by atoms with Crippen molar-refractivity contribution in [3.8, 4) is 10.6 Å². The highest BCUT2D eigenvalue weighted by Crippen LogP contribution is 2.27. The van der Waals surface area contributed by atoms with Crippen molar-refractivity contribution in [1.82, 2.24) is 9.88 Å². The van der Waals surface area contributed by atoms with Crippen LogP contribution in [0.5, 0.6) is 0 Å². The first-order valence-electron chi connectivity index (χ1n) is 7.74. The minimum atomic E-state index is -0.421. The normalized spacial score (nSPS) is 19.6. The minimum absolute atomic E-state index is 0.109. The number of aliphatic hydroxyl groups is 1. The Kier molecular flexibility index (Phi) is 4.73. The second-order valence-electron chi connectivity index (χ2n) is 5.91. The van der Waals surface area contributed by atoms with Gasteiger partial charge in [-0.2, -0.15) is 0 Å². The maximum atomic E-state index is 13.8. The van der Waals surface area contributed by atoms with Gasteiger partial charge in [-0.25, -0.2) is 9.37 Å². The lowest BCUT2D eigenvalue weighted by molar-refractivity contribution is 0.0462. The van der Waals surface area contributed by atoms with Crippen LogP contribution in [0.2, 0.25) is 0 Å². The molecule has 23 heavy (non-hydrogen) atoms. The fourth-order valence-electron chi connectivity index (χ4n) is 2.88. The van der Waals surface area contributed by atoms with Crippen LogP contribution in [0.1, 0.15) is 30.3 Å². The zero-order chi connectivity index (χ0) is 16.4. The first-order valence-corrected chi connectivity index (χ1v) is 8.62. The predicted molar refractivity (Wildman–Crippen MR) is 87.8 cm³/mol. The monoisotopic (exact) mass is 334 g/mol. The van der Waals surface area contributed by atoms with Crippen LogP contribution in [0.3, 0.4) is 0 Å². The molecule has 1 aliphatic rings. The Labute approximate surface area is 138 Å². The largest absolute Gasteiger partial charge is 0.393 e. The van der Waals surface area contributed by atoms with Crippen molar-refractivity contribution in [1.29, 1.82) is 0 Å². The van der Waals surface area contributed by atoms with E-state index in [1.54, 1.807) is 35.4 Å². The van der Waals surface area contributed by atoms with Crippen molar-refractivity contribution >= 4 is 17.2 Å². The molecule has 0 spiro atoms. The number of carbonyl (C=O) groups is 1. The number of thiazole rings is 1. The van der Waals surface area contributed by atoms with Crippen LogP contribution in [0, 0.1) is 11.7 Å². The van der Waals surface area contributed by atoms with E-state index in [4.69, 9.17) is 0 Å². The van der Waals surface area contributed by atoms with Crippen LogP contribution < -0.4 is 0 Å². The molecule has 0 radical (unpaired) electrons. The van der Waals surface area contributed by atoms with Gasteiger partial charge in [0.25, 0.3) is 5.91 Å². The van der Waals surface area contributed by atoms with Crippen LogP contribution in [-0.2, 0) is 0 Å². The number of nitrogens with zero attached hydrogens (tertiary/aromatic N) is 2. The van der Waals surface area contributed by atoms with Gasteiger partial charge in [0.05, 0.1) is 6.10 Å². The van der Waals surface area contributed by atoms with Gasteiger partial charge in [-0.05, 0) is 31.9 Å². The molecule has 2 aromatic rings. The number of aromatic nitrogens is 1. The van der Waals surface area contributed by atoms with Gasteiger partial charge in [0.2, 0.25) is 0 Å². The van der Waals surface area contributed by atoms with Crippen molar-refractivity contribution in [3.05, 3.63) is 41.2 Å². The number of rotatable bonds is 3. The van der Waals surface area contributed by atoms with E-state index in [-0.39, 0.29) is 17.6 Å². The number of hydrogen-bond acceptors (Lipinski definition) is 4. The van der Waals surface area contributed by atoms with Gasteiger partial charge < -0.3 is 10.0 Å². The van der Waals surface area contributed by atoms with Crippen molar-refractivity contribution in [2.75, 3.05) is 13.1 Å². The molecule has 1 amide bonds. The lowest BCUT2D eigenvalue weighted by Gasteiger charge is -2.33. The minimum Gasteiger partial charge on any atom is -0.393 e. The number of amides is 1. The molecule has 1 fully saturated rings. The molecule has 122 valence electrons. The predicted octanol–water partition coefficient (Wildman–Crippen LogP) is 3.18. The molecular formula is C17H19FN2O2S. The lowest BCUT2D eigenvalue weighted by atomic mass is 9.93. The van der Waals surface area contributed by atoms with Crippen molar-refractivity contribution < 1.29 is 14.3 Å². The summed E-state index contributed by atoms with van der Waals surface area (Å²) in [7, 11) is 0. The SMILES string of the molecule is CC(O)C1CCCN(C(=O)c2csc(-c3ccccc3F)n2)C1. The van der Waals surface area contributed by atoms with Crippen LogP contribution in [0.25, 0.3) is 10.6 Å². The zero-order valence-corrected chi connectivity index (χ0v) is 13.7. The number of piperidine rings is 1. The summed E-state index contributed by atoms with van der Waals surface area (Å²) in [4.78, 5) is 18.6. The van der Waals surface area contributed by atoms with Gasteiger partial charge in [-0.15, -0.1) is 11.3 Å². The molecule has 0 saturated carbocycles. The number of carbonyl (C=O) groups excluding carboxylic acids is 1. The summed E-state index contributed by atoms with van der Waals surface area (Å²) in [6.45, 7) is 2.98. The third kappa shape index (κ3) is 3.43. The molecular weight excluding hydrogens is 315 g/mol. The summed E-state index contributed by atoms with van der Waals surface area (Å²) in [5, 5.41) is 11.9. The van der Waals surface area contributed by atoms with Crippen LogP contribution in [-0.4, -0.2) is 40.1 Å². The fourth-order valence-corrected chi connectivity index (χ4v) is 3.70. The van der Waals surface area contributed by atoms with E-state index in [2.05, 4.69) is 4.98 Å². The van der Waals surface area contributed by atoms with E-state index in [1.807, 2.05) is 0 Å². The Morgan fingerprint density at radius 3 is 3.00 bits per heavy atom. The molecule has 6 heteroatoms. The first-order chi connectivity index (χ1) is 11.1. The first kappa shape index (κ1) is 16.1. The van der Waals surface area contributed by atoms with Gasteiger partial charge in [-0.3, -0.25) is 4.79 Å². The number of aliphatic hydroxyl groups excluding tert-OH is 1. The van der Waals surface area contributed by atoms with E-state index < -0.39 is 6.10 Å². The third-order valence-electron chi connectivity index (χ3n) is 4.25. The average molecular weight is 334 g/mol. The maximum absolute atomic E-state index is 13.8. The second kappa shape index (κ2) is 6.76. The summed E-state index contributed by atoms with van der Waals surface area (Å²) in [5.74, 6) is -0.375. The Balaban J connectivity index is 1.78. The van der Waals surface area contributed by atoms with Gasteiger partial charge in [0.1, 0.15) is 16.5 Å². The van der Waals surface area contributed by atoms with E-state index >= 15 is 0 Å². The Bertz CT molecular complexity index is 701. The lowest BCUT2D eigenvalue weighted by Crippen LogP contribution is -2.43. The van der Waals surface area contributed by atoms with Gasteiger partial charge in [0.15, 0.2) is 0 Å². The molecule has 0 bridgehead atoms. The quantitative estimate of drug-likeness (QED) is 0.938. The summed E-state index contributed by atoms with van der Waals surface area (Å²) in [6.07, 6.45) is 1.39. The van der Waals surface area contributed by atoms with Crippen molar-refractivity contribution in [2.45, 2.75) is 25.9 Å². The van der Waals surface area contributed by atoms with E-state index in [0.717, 1.165) is 12.8 Å². The van der Waals surface area contributed by atoms with E-state index in [9.17, 15) is 14.3 Å². The molecule has 2 heterocycles. The molecule has 4 nitrogen and oxygen atoms in total. The Hall–Kier alpha value is -1.79. The van der Waals surface area contributed by atoms with E-state index in [0.29, 0.717) is 29.4 Å². The molecule has 1 aromatic heterocycles. The summed E-state index contributed by atoms with van der Waals surface area (Å²) < 4.78 is 13.8. The molecule has 1 aromatic carbocycles. The molecule has 0 aliphatic carbocycles. The number of benzene rings is 1. The number of halogens is 1. The van der Waals surface area contributed by atoms with E-state index in [1.165, 1.54) is 17.4 Å². The topological polar surface area (TPSA) is 53.4 Å². The highest BCUT2D eigenvalue weighted by Gasteiger charge is 2.28. The highest BCUT2D eigenvalue weighted by molar-refractivity contribution is 7.13. The average Bonchev–Trinajstić information content (AvgIpc) is 3.04. The van der Waals surface area contributed by atoms with Crippen LogP contribution >= 0.6 is 11.3 Å². The van der Waals surface area contributed by atoms with Crippen LogP contribution in [0.4, 0.5) is 4.39 Å². The molecule has 2 unspecified atom stereocenters. The summed E-state index contributed by atoms with van der Waals surface area (Å²) in [5.41, 5.74) is 0.761. The Morgan fingerprint density at radius 2 is 2.26 bits per heavy atom. The van der Waals surface area contributed by atoms with Crippen molar-refractivity contribution in [2.24, 2.45) is 5.92 Å². The van der Waals surface area contributed by atoms with Gasteiger partial charge in [-0.1, -0.05) is 12.1 Å². The maximum Gasteiger partial charge on any atom is 0.273 e. The standard InChI is InChI=1S/C17H19FN2O2S/c1-11(21)12-5-4-8-20(9-12)17(22)15-10-23-16(19-15)13-6-2-3-7-14(13)18/h2-3,6-7,10-12,21H,4-5,8-9H2,1H3. The molecule has 1 N–H and O–H groups in total. The van der Waals surface area contributed by atoms with Gasteiger partial charge in [0, 0.05) is 30.0 Å². The van der Waals surface area contributed by atoms with Gasteiger partial charge >= 0.3 is 0 Å². The Morgan fingerprint density at radius 1 is 1.48 bits per heavy atom. The second-order valence-corrected chi connectivity index (χ2v) is 6.77. The zero-order valence-electron chi connectivity index (χ0n) is 12.9. The summed E-state index contributed by atoms with van der Waals surface area (Å²) in [6, 6.07) is 6.42. The number of likely N-dealkylation sites (tertiary alicyclic amines) is 1. The molecule has 3 rings (SSSR count). The summed E-state index contributed by atoms with van der Waals surface area (Å²) >= 11 is 1.27. The molecule has 2 atom stereocenters. The van der Waals surface area contributed by atoms with Crippen molar-refractivity contribution in [3.63, 3.8) is 0 Å². The highest BCUT2D eigenvalue weighted by atomic mass is 32.1. The number of hydrogen-bond donors (Lipinski definition) is 1. The smallest absolute Gasteiger partial charge is 0.273 e. The molecule has 1 aliphatic heterocycles. The van der Waals surface area contributed by atoms with Crippen LogP contribution in [0.15, 0.2) is 29.6 Å². The molecule has 1 saturated heterocycles. The fraction of sp³-hybridized carbons (Fsp3) is 0.412. The third-order valence-corrected chi connectivity index (χ3v) is 5.13.